The average molecular weight is 233 g/mol. The molecule has 4 nitrogen and oxygen atoms in total. The van der Waals surface area contributed by atoms with Crippen LogP contribution in [0.4, 0.5) is 8.78 Å². The van der Waals surface area contributed by atoms with Gasteiger partial charge in [-0.3, -0.25) is 4.98 Å². The van der Waals surface area contributed by atoms with Gasteiger partial charge in [0.1, 0.15) is 6.61 Å². The molecule has 0 aliphatic heterocycles. The molecular formula is C10H13F2NO3. The number of aliphatic hydroxyl groups is 2. The van der Waals surface area contributed by atoms with Crippen molar-refractivity contribution >= 4 is 0 Å². The molecule has 1 rings (SSSR count). The zero-order valence-electron chi connectivity index (χ0n) is 8.73. The number of hydrogen-bond donors (Lipinski definition) is 2. The van der Waals surface area contributed by atoms with Crippen LogP contribution in [-0.4, -0.2) is 34.3 Å². The van der Waals surface area contributed by atoms with Crippen LogP contribution in [0.3, 0.4) is 0 Å². The number of aromatic nitrogens is 1. The maximum absolute atomic E-state index is 13.4. The van der Waals surface area contributed by atoms with Crippen molar-refractivity contribution in [2.75, 3.05) is 13.2 Å². The van der Waals surface area contributed by atoms with E-state index >= 15 is 0 Å². The predicted octanol–water partition coefficient (Wildman–Crippen LogP) is 0.891. The zero-order valence-corrected chi connectivity index (χ0v) is 8.73. The number of nitrogens with zero attached hydrogens (tertiary/aromatic N) is 1. The summed E-state index contributed by atoms with van der Waals surface area (Å²) in [7, 11) is 0. The molecule has 0 spiro atoms. The highest BCUT2D eigenvalue weighted by atomic mass is 19.3. The lowest BCUT2D eigenvalue weighted by Gasteiger charge is -2.34. The normalized spacial score (nSPS) is 15.8. The first kappa shape index (κ1) is 13.0. The van der Waals surface area contributed by atoms with Gasteiger partial charge in [0.25, 0.3) is 5.79 Å². The van der Waals surface area contributed by atoms with Gasteiger partial charge in [-0.15, -0.1) is 0 Å². The van der Waals surface area contributed by atoms with E-state index < -0.39 is 18.3 Å². The second-order valence-corrected chi connectivity index (χ2v) is 3.18. The Bertz CT molecular complexity index is 334. The van der Waals surface area contributed by atoms with Crippen LogP contribution in [-0.2, 0) is 10.5 Å². The van der Waals surface area contributed by atoms with Crippen LogP contribution in [0.2, 0.25) is 0 Å². The topological polar surface area (TPSA) is 62.6 Å². The molecule has 16 heavy (non-hydrogen) atoms. The second kappa shape index (κ2) is 4.82. The van der Waals surface area contributed by atoms with E-state index in [9.17, 15) is 13.9 Å². The van der Waals surface area contributed by atoms with Crippen LogP contribution in [0.5, 0.6) is 0 Å². The minimum Gasteiger partial charge on any atom is -0.390 e. The molecule has 0 unspecified atom stereocenters. The van der Waals surface area contributed by atoms with E-state index in [0.717, 1.165) is 6.20 Å². The summed E-state index contributed by atoms with van der Waals surface area (Å²) in [5, 5.41) is 18.4. The Labute approximate surface area is 91.5 Å². The Kier molecular flexibility index (Phi) is 3.90. The molecule has 0 aliphatic carbocycles. The highest BCUT2D eigenvalue weighted by molar-refractivity contribution is 5.18. The van der Waals surface area contributed by atoms with Gasteiger partial charge in [0.05, 0.1) is 0 Å². The van der Waals surface area contributed by atoms with E-state index in [1.54, 1.807) is 0 Å². The van der Waals surface area contributed by atoms with Crippen LogP contribution < -0.4 is 0 Å². The van der Waals surface area contributed by atoms with E-state index in [4.69, 9.17) is 5.11 Å². The third-order valence-corrected chi connectivity index (χ3v) is 2.10. The lowest BCUT2D eigenvalue weighted by Crippen LogP contribution is -2.50. The quantitative estimate of drug-likeness (QED) is 0.741. The maximum atomic E-state index is 13.4. The largest absolute Gasteiger partial charge is 0.390 e. The third kappa shape index (κ3) is 2.18. The lowest BCUT2D eigenvalue weighted by atomic mass is 10.0. The van der Waals surface area contributed by atoms with Crippen LogP contribution >= 0.6 is 0 Å². The van der Waals surface area contributed by atoms with Crippen molar-refractivity contribution in [3.05, 3.63) is 30.1 Å². The summed E-state index contributed by atoms with van der Waals surface area (Å²) in [6.07, 6.45) is 2.45. The van der Waals surface area contributed by atoms with Gasteiger partial charge in [-0.05, 0) is 13.0 Å². The number of alkyl halides is 2. The highest BCUT2D eigenvalue weighted by Gasteiger charge is 2.55. The van der Waals surface area contributed by atoms with Gasteiger partial charge in [-0.2, -0.15) is 8.78 Å². The van der Waals surface area contributed by atoms with Crippen molar-refractivity contribution in [2.45, 2.75) is 18.6 Å². The van der Waals surface area contributed by atoms with Gasteiger partial charge >= 0.3 is 5.92 Å². The molecule has 0 fully saturated rings. The van der Waals surface area contributed by atoms with Gasteiger partial charge < -0.3 is 14.9 Å². The number of aliphatic hydroxyl groups excluding tert-OH is 1. The predicted molar refractivity (Wildman–Crippen MR) is 51.8 cm³/mol. The fourth-order valence-electron chi connectivity index (χ4n) is 1.28. The first-order valence-electron chi connectivity index (χ1n) is 4.73. The SMILES string of the molecule is CCO[C@@](O)(c1cccnc1)C(F)(F)CO. The van der Waals surface area contributed by atoms with E-state index in [1.165, 1.54) is 25.3 Å². The Hall–Kier alpha value is -1.11. The monoisotopic (exact) mass is 233 g/mol. The summed E-state index contributed by atoms with van der Waals surface area (Å²) >= 11 is 0. The molecule has 0 saturated heterocycles. The molecule has 0 bridgehead atoms. The molecule has 0 aromatic carbocycles. The first-order chi connectivity index (χ1) is 7.48. The Balaban J connectivity index is 3.16. The minimum atomic E-state index is -3.80. The van der Waals surface area contributed by atoms with Gasteiger partial charge in [0, 0.05) is 24.6 Å². The molecule has 0 amide bonds. The standard InChI is InChI=1S/C10H13F2NO3/c1-2-16-10(15,9(11,12)7-14)8-4-3-5-13-6-8/h3-6,14-15H,2,7H2,1H3/t10-/m0/s1. The van der Waals surface area contributed by atoms with Crippen LogP contribution in [0.25, 0.3) is 0 Å². The number of pyridine rings is 1. The molecule has 1 aromatic heterocycles. The fourth-order valence-corrected chi connectivity index (χ4v) is 1.28. The Morgan fingerprint density at radius 3 is 2.62 bits per heavy atom. The summed E-state index contributed by atoms with van der Waals surface area (Å²) in [6.45, 7) is -0.172. The molecule has 2 N–H and O–H groups in total. The number of rotatable bonds is 5. The first-order valence-corrected chi connectivity index (χ1v) is 4.73. The van der Waals surface area contributed by atoms with Crippen LogP contribution in [0, 0.1) is 0 Å². The summed E-state index contributed by atoms with van der Waals surface area (Å²) in [5.74, 6) is -6.66. The molecule has 6 heteroatoms. The van der Waals surface area contributed by atoms with Crippen molar-refractivity contribution < 1.29 is 23.7 Å². The maximum Gasteiger partial charge on any atom is 0.327 e. The van der Waals surface area contributed by atoms with Crippen LogP contribution in [0.1, 0.15) is 12.5 Å². The lowest BCUT2D eigenvalue weighted by molar-refractivity contribution is -0.334. The van der Waals surface area contributed by atoms with Crippen LogP contribution in [0.15, 0.2) is 24.5 Å². The van der Waals surface area contributed by atoms with Crippen molar-refractivity contribution in [3.63, 3.8) is 0 Å². The number of halogens is 2. The second-order valence-electron chi connectivity index (χ2n) is 3.18. The summed E-state index contributed by atoms with van der Waals surface area (Å²) in [6, 6.07) is 2.65. The molecule has 90 valence electrons. The van der Waals surface area contributed by atoms with Crippen molar-refractivity contribution in [1.29, 1.82) is 0 Å². The molecule has 1 heterocycles. The molecule has 0 aliphatic rings. The van der Waals surface area contributed by atoms with Gasteiger partial charge in [-0.1, -0.05) is 6.07 Å². The Morgan fingerprint density at radius 1 is 1.50 bits per heavy atom. The molecule has 1 atom stereocenters. The highest BCUT2D eigenvalue weighted by Crippen LogP contribution is 2.38. The van der Waals surface area contributed by atoms with Gasteiger partial charge in [-0.25, -0.2) is 0 Å². The van der Waals surface area contributed by atoms with E-state index in [1.807, 2.05) is 0 Å². The third-order valence-electron chi connectivity index (χ3n) is 2.10. The van der Waals surface area contributed by atoms with Crippen molar-refractivity contribution in [3.8, 4) is 0 Å². The van der Waals surface area contributed by atoms with Crippen molar-refractivity contribution in [1.82, 2.24) is 4.98 Å². The van der Waals surface area contributed by atoms with E-state index in [0.29, 0.717) is 0 Å². The molecule has 0 saturated carbocycles. The molecular weight excluding hydrogens is 220 g/mol. The van der Waals surface area contributed by atoms with E-state index in [-0.39, 0.29) is 12.2 Å². The summed E-state index contributed by atoms with van der Waals surface area (Å²) in [5.41, 5.74) is -0.198. The fraction of sp³-hybridized carbons (Fsp3) is 0.500. The summed E-state index contributed by atoms with van der Waals surface area (Å²) in [4.78, 5) is 3.63. The molecule has 0 radical (unpaired) electrons. The zero-order chi connectivity index (χ0) is 12.2. The smallest absolute Gasteiger partial charge is 0.327 e. The Morgan fingerprint density at radius 2 is 2.19 bits per heavy atom. The molecule has 1 aromatic rings. The van der Waals surface area contributed by atoms with Gasteiger partial charge in [0.15, 0.2) is 0 Å². The van der Waals surface area contributed by atoms with Gasteiger partial charge in [0.2, 0.25) is 0 Å². The minimum absolute atomic E-state index is 0.124. The summed E-state index contributed by atoms with van der Waals surface area (Å²) < 4.78 is 31.5. The van der Waals surface area contributed by atoms with Crippen molar-refractivity contribution in [2.24, 2.45) is 0 Å². The number of ether oxygens (including phenoxy) is 1. The average Bonchev–Trinajstić information content (AvgIpc) is 2.30. The number of hydrogen-bond acceptors (Lipinski definition) is 4. The van der Waals surface area contributed by atoms with E-state index in [2.05, 4.69) is 9.72 Å².